The molecule has 2 heterocycles. The molecule has 0 radical (unpaired) electrons. The highest BCUT2D eigenvalue weighted by atomic mass is 32.2. The Labute approximate surface area is 143 Å². The number of rotatable bonds is 5. The molecule has 0 aromatic carbocycles. The number of nitrogens with zero attached hydrogens (tertiary/aromatic N) is 3. The first-order valence-corrected chi connectivity index (χ1v) is 9.68. The molecule has 2 aromatic heterocycles. The molecule has 1 saturated carbocycles. The monoisotopic (exact) mass is 351 g/mol. The van der Waals surface area contributed by atoms with Gasteiger partial charge in [0.2, 0.25) is 11.1 Å². The predicted molar refractivity (Wildman–Crippen MR) is 93.8 cm³/mol. The molecule has 2 aromatic rings. The van der Waals surface area contributed by atoms with Gasteiger partial charge in [-0.15, -0.1) is 21.5 Å². The van der Waals surface area contributed by atoms with E-state index in [0.717, 1.165) is 11.3 Å². The Morgan fingerprint density at radius 2 is 2.30 bits per heavy atom. The minimum Gasteiger partial charge on any atom is -0.352 e. The summed E-state index contributed by atoms with van der Waals surface area (Å²) >= 11 is 2.88. The van der Waals surface area contributed by atoms with Crippen LogP contribution in [0.15, 0.2) is 22.7 Å². The largest absolute Gasteiger partial charge is 0.352 e. The third kappa shape index (κ3) is 3.87. The molecule has 3 N–H and O–H groups in total. The van der Waals surface area contributed by atoms with Gasteiger partial charge in [-0.1, -0.05) is 37.6 Å². The van der Waals surface area contributed by atoms with E-state index in [1.54, 1.807) is 11.3 Å². The van der Waals surface area contributed by atoms with Crippen molar-refractivity contribution in [3.8, 4) is 10.7 Å². The number of hydrogen-bond acceptors (Lipinski definition) is 6. The highest BCUT2D eigenvalue weighted by Crippen LogP contribution is 2.26. The summed E-state index contributed by atoms with van der Waals surface area (Å²) < 4.78 is 1.45. The fourth-order valence-corrected chi connectivity index (χ4v) is 4.23. The smallest absolute Gasteiger partial charge is 0.230 e. The van der Waals surface area contributed by atoms with Gasteiger partial charge < -0.3 is 11.2 Å². The second-order valence-electron chi connectivity index (χ2n) is 5.88. The van der Waals surface area contributed by atoms with Crippen LogP contribution in [0, 0.1) is 5.92 Å². The van der Waals surface area contributed by atoms with Crippen LogP contribution < -0.4 is 11.2 Å². The number of carbonyl (C=O) groups is 1. The number of carbonyl (C=O) groups excluding carboxylic acids is 1. The number of nitrogens with one attached hydrogen (secondary N) is 1. The van der Waals surface area contributed by atoms with E-state index in [-0.39, 0.29) is 5.91 Å². The van der Waals surface area contributed by atoms with E-state index in [9.17, 15) is 4.79 Å². The molecule has 124 valence electrons. The van der Waals surface area contributed by atoms with Crippen LogP contribution in [0.2, 0.25) is 0 Å². The van der Waals surface area contributed by atoms with Crippen molar-refractivity contribution >= 4 is 29.0 Å². The van der Waals surface area contributed by atoms with Gasteiger partial charge in [0.25, 0.3) is 0 Å². The Morgan fingerprint density at radius 3 is 3.04 bits per heavy atom. The molecule has 1 aliphatic carbocycles. The third-order valence-corrected chi connectivity index (χ3v) is 6.01. The van der Waals surface area contributed by atoms with Crippen molar-refractivity contribution in [2.45, 2.75) is 43.8 Å². The van der Waals surface area contributed by atoms with Gasteiger partial charge in [0.05, 0.1) is 10.6 Å². The van der Waals surface area contributed by atoms with Gasteiger partial charge in [0.15, 0.2) is 5.82 Å². The lowest BCUT2D eigenvalue weighted by Gasteiger charge is -2.29. The molecule has 1 fully saturated rings. The molecule has 6 nitrogen and oxygen atoms in total. The minimum atomic E-state index is 0.0365. The molecular weight excluding hydrogens is 330 g/mol. The van der Waals surface area contributed by atoms with Crippen molar-refractivity contribution in [1.29, 1.82) is 0 Å². The normalized spacial score (nSPS) is 21.3. The molecule has 2 atom stereocenters. The quantitative estimate of drug-likeness (QED) is 0.638. The highest BCUT2D eigenvalue weighted by molar-refractivity contribution is 7.99. The number of nitrogens with two attached hydrogens (primary N) is 1. The molecule has 1 aliphatic rings. The molecule has 0 aliphatic heterocycles. The number of thioether (sulfide) groups is 1. The Bertz CT molecular complexity index is 655. The Morgan fingerprint density at radius 1 is 1.48 bits per heavy atom. The van der Waals surface area contributed by atoms with Gasteiger partial charge in [-0.2, -0.15) is 0 Å². The molecule has 0 spiro atoms. The summed E-state index contributed by atoms with van der Waals surface area (Å²) in [6.45, 7) is 2.21. The van der Waals surface area contributed by atoms with Crippen LogP contribution in [0.1, 0.15) is 32.6 Å². The maximum absolute atomic E-state index is 12.1. The van der Waals surface area contributed by atoms with Crippen LogP contribution in [-0.4, -0.2) is 32.6 Å². The van der Waals surface area contributed by atoms with E-state index in [0.29, 0.717) is 28.7 Å². The van der Waals surface area contributed by atoms with Gasteiger partial charge >= 0.3 is 0 Å². The topological polar surface area (TPSA) is 85.8 Å². The average Bonchev–Trinajstić information content (AvgIpc) is 3.17. The number of thiophene rings is 1. The van der Waals surface area contributed by atoms with Gasteiger partial charge in [-0.05, 0) is 30.2 Å². The summed E-state index contributed by atoms with van der Waals surface area (Å²) in [5.74, 6) is 7.56. The van der Waals surface area contributed by atoms with Gasteiger partial charge in [-0.3, -0.25) is 4.79 Å². The zero-order chi connectivity index (χ0) is 16.2. The molecule has 0 saturated heterocycles. The summed E-state index contributed by atoms with van der Waals surface area (Å²) in [5.41, 5.74) is 0. The van der Waals surface area contributed by atoms with Crippen molar-refractivity contribution in [2.75, 3.05) is 11.6 Å². The fourth-order valence-electron chi connectivity index (χ4n) is 2.86. The standard InChI is InChI=1S/C15H21N5OS2/c1-10-5-2-3-6-11(10)17-13(21)9-23-15-19-18-14(20(15)16)12-7-4-8-22-12/h4,7-8,10-11H,2-3,5-6,9,16H2,1H3,(H,17,21). The second-order valence-corrected chi connectivity index (χ2v) is 7.77. The van der Waals surface area contributed by atoms with E-state index in [1.165, 1.54) is 35.7 Å². The summed E-state index contributed by atoms with van der Waals surface area (Å²) in [7, 11) is 0. The van der Waals surface area contributed by atoms with Crippen molar-refractivity contribution in [1.82, 2.24) is 20.2 Å². The first-order chi connectivity index (χ1) is 11.1. The third-order valence-electron chi connectivity index (χ3n) is 4.20. The van der Waals surface area contributed by atoms with E-state index < -0.39 is 0 Å². The summed E-state index contributed by atoms with van der Waals surface area (Å²) in [6.07, 6.45) is 4.74. The molecule has 3 rings (SSSR count). The van der Waals surface area contributed by atoms with E-state index in [2.05, 4.69) is 22.4 Å². The number of hydrogen-bond donors (Lipinski definition) is 2. The summed E-state index contributed by atoms with van der Waals surface area (Å²) in [6, 6.07) is 4.19. The second kappa shape index (κ2) is 7.35. The predicted octanol–water partition coefficient (Wildman–Crippen LogP) is 2.51. The van der Waals surface area contributed by atoms with Crippen molar-refractivity contribution in [2.24, 2.45) is 5.92 Å². The van der Waals surface area contributed by atoms with E-state index in [1.807, 2.05) is 17.5 Å². The maximum Gasteiger partial charge on any atom is 0.230 e. The molecule has 2 unspecified atom stereocenters. The molecule has 8 heteroatoms. The molecule has 23 heavy (non-hydrogen) atoms. The number of aromatic nitrogens is 3. The van der Waals surface area contributed by atoms with Crippen LogP contribution in [-0.2, 0) is 4.79 Å². The Hall–Kier alpha value is -1.54. The average molecular weight is 352 g/mol. The van der Waals surface area contributed by atoms with E-state index in [4.69, 9.17) is 5.84 Å². The van der Waals surface area contributed by atoms with Crippen LogP contribution in [0.25, 0.3) is 10.7 Å². The van der Waals surface area contributed by atoms with Crippen molar-refractivity contribution < 1.29 is 4.79 Å². The van der Waals surface area contributed by atoms with Crippen LogP contribution in [0.5, 0.6) is 0 Å². The minimum absolute atomic E-state index is 0.0365. The summed E-state index contributed by atoms with van der Waals surface area (Å²) in [5, 5.41) is 13.9. The molecule has 0 bridgehead atoms. The van der Waals surface area contributed by atoms with Gasteiger partial charge in [0, 0.05) is 6.04 Å². The number of amides is 1. The lowest BCUT2D eigenvalue weighted by atomic mass is 9.86. The van der Waals surface area contributed by atoms with Crippen LogP contribution in [0.3, 0.4) is 0 Å². The lowest BCUT2D eigenvalue weighted by Crippen LogP contribution is -2.41. The highest BCUT2D eigenvalue weighted by Gasteiger charge is 2.23. The first kappa shape index (κ1) is 16.3. The fraction of sp³-hybridized carbons (Fsp3) is 0.533. The first-order valence-electron chi connectivity index (χ1n) is 7.81. The Kier molecular flexibility index (Phi) is 5.22. The van der Waals surface area contributed by atoms with Crippen molar-refractivity contribution in [3.63, 3.8) is 0 Å². The lowest BCUT2D eigenvalue weighted by molar-refractivity contribution is -0.119. The summed E-state index contributed by atoms with van der Waals surface area (Å²) in [4.78, 5) is 13.1. The molecule has 1 amide bonds. The van der Waals surface area contributed by atoms with Crippen molar-refractivity contribution in [3.05, 3.63) is 17.5 Å². The zero-order valence-electron chi connectivity index (χ0n) is 13.1. The zero-order valence-corrected chi connectivity index (χ0v) is 14.7. The van der Waals surface area contributed by atoms with Crippen LogP contribution in [0.4, 0.5) is 0 Å². The molecular formula is C15H21N5OS2. The van der Waals surface area contributed by atoms with Crippen LogP contribution >= 0.6 is 23.1 Å². The van der Waals surface area contributed by atoms with E-state index >= 15 is 0 Å². The number of nitrogen functional groups attached to an aromatic ring is 1. The SMILES string of the molecule is CC1CCCCC1NC(=O)CSc1nnc(-c2cccs2)n1N. The van der Waals surface area contributed by atoms with Gasteiger partial charge in [0.1, 0.15) is 0 Å². The Balaban J connectivity index is 1.55. The van der Waals surface area contributed by atoms with Gasteiger partial charge in [-0.25, -0.2) is 4.68 Å². The maximum atomic E-state index is 12.1.